The summed E-state index contributed by atoms with van der Waals surface area (Å²) in [5.41, 5.74) is 1.75. The third-order valence-electron chi connectivity index (χ3n) is 3.07. The van der Waals surface area contributed by atoms with Crippen LogP contribution in [0.25, 0.3) is 0 Å². The topological polar surface area (TPSA) is 34.1 Å². The third kappa shape index (κ3) is 2.56. The van der Waals surface area contributed by atoms with Crippen molar-refractivity contribution >= 4 is 21.6 Å². The maximum Gasteiger partial charge on any atom is 0.165 e. The second-order valence-electron chi connectivity index (χ2n) is 4.38. The zero-order chi connectivity index (χ0) is 13.2. The van der Waals surface area contributed by atoms with Gasteiger partial charge >= 0.3 is 0 Å². The van der Waals surface area contributed by atoms with E-state index in [0.717, 1.165) is 22.1 Å². The van der Waals surface area contributed by atoms with Crippen LogP contribution < -0.4 is 10.1 Å². The Kier molecular flexibility index (Phi) is 3.38. The van der Waals surface area contributed by atoms with Crippen molar-refractivity contribution in [1.82, 2.24) is 4.98 Å². The van der Waals surface area contributed by atoms with E-state index in [-0.39, 0.29) is 11.9 Å². The first kappa shape index (κ1) is 12.4. The molecule has 0 amide bonds. The van der Waals surface area contributed by atoms with Crippen molar-refractivity contribution in [3.05, 3.63) is 52.5 Å². The van der Waals surface area contributed by atoms with E-state index in [9.17, 15) is 4.39 Å². The third-order valence-corrected chi connectivity index (χ3v) is 3.51. The lowest BCUT2D eigenvalue weighted by molar-refractivity contribution is 0.260. The maximum atomic E-state index is 13.7. The Balaban J connectivity index is 1.90. The number of halogens is 2. The standard InChI is InChI=1S/C14H12BrFN2O/c15-9-6-10(8-17-7-9)18-13-4-5-19-14-11(13)2-1-3-12(14)16/h1-3,6-8,13,18H,4-5H2/t13-/m0/s1. The quantitative estimate of drug-likeness (QED) is 0.910. The van der Waals surface area contributed by atoms with E-state index in [1.54, 1.807) is 18.5 Å². The fraction of sp³-hybridized carbons (Fsp3) is 0.214. The molecular formula is C14H12BrFN2O. The van der Waals surface area contributed by atoms with Crippen LogP contribution in [0, 0.1) is 5.82 Å². The van der Waals surface area contributed by atoms with Crippen molar-refractivity contribution in [3.63, 3.8) is 0 Å². The van der Waals surface area contributed by atoms with Crippen LogP contribution in [0.2, 0.25) is 0 Å². The lowest BCUT2D eigenvalue weighted by Gasteiger charge is -2.27. The van der Waals surface area contributed by atoms with Gasteiger partial charge in [0.2, 0.25) is 0 Å². The summed E-state index contributed by atoms with van der Waals surface area (Å²) in [4.78, 5) is 4.11. The van der Waals surface area contributed by atoms with Gasteiger partial charge in [-0.25, -0.2) is 4.39 Å². The van der Waals surface area contributed by atoms with Gasteiger partial charge in [0.15, 0.2) is 11.6 Å². The number of fused-ring (bicyclic) bond motifs is 1. The van der Waals surface area contributed by atoms with Gasteiger partial charge in [0.1, 0.15) is 0 Å². The molecule has 19 heavy (non-hydrogen) atoms. The van der Waals surface area contributed by atoms with Crippen molar-refractivity contribution in [1.29, 1.82) is 0 Å². The molecule has 1 N–H and O–H groups in total. The molecule has 2 heterocycles. The van der Waals surface area contributed by atoms with Gasteiger partial charge in [-0.2, -0.15) is 0 Å². The Hall–Kier alpha value is -1.62. The van der Waals surface area contributed by atoms with Gasteiger partial charge in [0.05, 0.1) is 24.5 Å². The van der Waals surface area contributed by atoms with Gasteiger partial charge in [-0.3, -0.25) is 4.98 Å². The number of para-hydroxylation sites is 1. The SMILES string of the molecule is Fc1cccc2c1OCC[C@@H]2Nc1cncc(Br)c1. The molecule has 0 spiro atoms. The molecule has 1 atom stereocenters. The largest absolute Gasteiger partial charge is 0.490 e. The van der Waals surface area contributed by atoms with Crippen molar-refractivity contribution in [3.8, 4) is 5.75 Å². The van der Waals surface area contributed by atoms with Crippen LogP contribution in [0.5, 0.6) is 5.75 Å². The maximum absolute atomic E-state index is 13.7. The van der Waals surface area contributed by atoms with Crippen molar-refractivity contribution in [2.24, 2.45) is 0 Å². The average Bonchev–Trinajstić information content (AvgIpc) is 2.40. The first-order valence-corrected chi connectivity index (χ1v) is 6.81. The van der Waals surface area contributed by atoms with Gasteiger partial charge in [0, 0.05) is 22.7 Å². The number of rotatable bonds is 2. The number of anilines is 1. The van der Waals surface area contributed by atoms with Gasteiger partial charge in [-0.05, 0) is 28.1 Å². The molecule has 0 radical (unpaired) electrons. The van der Waals surface area contributed by atoms with Crippen LogP contribution in [0.1, 0.15) is 18.0 Å². The lowest BCUT2D eigenvalue weighted by atomic mass is 10.00. The van der Waals surface area contributed by atoms with Crippen LogP contribution in [0.3, 0.4) is 0 Å². The highest BCUT2D eigenvalue weighted by molar-refractivity contribution is 9.10. The minimum Gasteiger partial charge on any atom is -0.490 e. The van der Waals surface area contributed by atoms with Crippen molar-refractivity contribution in [2.75, 3.05) is 11.9 Å². The highest BCUT2D eigenvalue weighted by Crippen LogP contribution is 2.36. The van der Waals surface area contributed by atoms with Crippen molar-refractivity contribution in [2.45, 2.75) is 12.5 Å². The Bertz CT molecular complexity index is 606. The van der Waals surface area contributed by atoms with E-state index in [4.69, 9.17) is 4.74 Å². The second kappa shape index (κ2) is 5.17. The number of benzene rings is 1. The monoisotopic (exact) mass is 322 g/mol. The van der Waals surface area contributed by atoms with E-state index in [1.807, 2.05) is 12.1 Å². The van der Waals surface area contributed by atoms with Crippen LogP contribution in [0.4, 0.5) is 10.1 Å². The highest BCUT2D eigenvalue weighted by atomic mass is 79.9. The molecule has 5 heteroatoms. The van der Waals surface area contributed by atoms with Gasteiger partial charge in [-0.1, -0.05) is 12.1 Å². The lowest BCUT2D eigenvalue weighted by Crippen LogP contribution is -2.21. The molecule has 0 fully saturated rings. The molecule has 1 aromatic heterocycles. The predicted octanol–water partition coefficient (Wildman–Crippen LogP) is 3.92. The molecule has 2 aromatic rings. The summed E-state index contributed by atoms with van der Waals surface area (Å²) in [5, 5.41) is 3.37. The molecule has 1 aliphatic heterocycles. The van der Waals surface area contributed by atoms with E-state index < -0.39 is 0 Å². The summed E-state index contributed by atoms with van der Waals surface area (Å²) in [7, 11) is 0. The summed E-state index contributed by atoms with van der Waals surface area (Å²) in [6, 6.07) is 7.00. The molecule has 98 valence electrons. The highest BCUT2D eigenvalue weighted by Gasteiger charge is 2.23. The number of hydrogen-bond donors (Lipinski definition) is 1. The molecular weight excluding hydrogens is 311 g/mol. The average molecular weight is 323 g/mol. The Morgan fingerprint density at radius 2 is 2.26 bits per heavy atom. The minimum absolute atomic E-state index is 0.0375. The summed E-state index contributed by atoms with van der Waals surface area (Å²) in [6.45, 7) is 0.507. The molecule has 1 aliphatic rings. The summed E-state index contributed by atoms with van der Waals surface area (Å²) in [6.07, 6.45) is 4.27. The predicted molar refractivity (Wildman–Crippen MR) is 74.8 cm³/mol. The van der Waals surface area contributed by atoms with E-state index in [2.05, 4.69) is 26.2 Å². The molecule has 3 nitrogen and oxygen atoms in total. The number of pyridine rings is 1. The van der Waals surface area contributed by atoms with E-state index in [1.165, 1.54) is 6.07 Å². The zero-order valence-electron chi connectivity index (χ0n) is 10.1. The van der Waals surface area contributed by atoms with Crippen molar-refractivity contribution < 1.29 is 9.13 Å². The van der Waals surface area contributed by atoms with Crippen LogP contribution >= 0.6 is 15.9 Å². The molecule has 0 unspecified atom stereocenters. The van der Waals surface area contributed by atoms with E-state index >= 15 is 0 Å². The Morgan fingerprint density at radius 1 is 1.37 bits per heavy atom. The van der Waals surface area contributed by atoms with Gasteiger partial charge in [-0.15, -0.1) is 0 Å². The number of nitrogens with one attached hydrogen (secondary N) is 1. The first-order valence-electron chi connectivity index (χ1n) is 6.02. The normalized spacial score (nSPS) is 17.5. The van der Waals surface area contributed by atoms with Gasteiger partial charge < -0.3 is 10.1 Å². The smallest absolute Gasteiger partial charge is 0.165 e. The number of nitrogens with zero attached hydrogens (tertiary/aromatic N) is 1. The molecule has 0 saturated carbocycles. The summed E-state index contributed by atoms with van der Waals surface area (Å²) < 4.78 is 20.0. The summed E-state index contributed by atoms with van der Waals surface area (Å²) in [5.74, 6) is 0.0468. The molecule has 0 aliphatic carbocycles. The fourth-order valence-electron chi connectivity index (χ4n) is 2.23. The number of aromatic nitrogens is 1. The van der Waals surface area contributed by atoms with Crippen LogP contribution in [-0.2, 0) is 0 Å². The van der Waals surface area contributed by atoms with Crippen LogP contribution in [-0.4, -0.2) is 11.6 Å². The summed E-state index contributed by atoms with van der Waals surface area (Å²) >= 11 is 3.38. The molecule has 3 rings (SSSR count). The fourth-order valence-corrected chi connectivity index (χ4v) is 2.59. The van der Waals surface area contributed by atoms with Crippen LogP contribution in [0.15, 0.2) is 41.1 Å². The molecule has 0 bridgehead atoms. The molecule has 1 aromatic carbocycles. The van der Waals surface area contributed by atoms with Gasteiger partial charge in [0.25, 0.3) is 0 Å². The first-order chi connectivity index (χ1) is 9.24. The zero-order valence-corrected chi connectivity index (χ0v) is 11.7. The Morgan fingerprint density at radius 3 is 3.11 bits per heavy atom. The minimum atomic E-state index is -0.309. The number of hydrogen-bond acceptors (Lipinski definition) is 3. The second-order valence-corrected chi connectivity index (χ2v) is 5.30. The van der Waals surface area contributed by atoms with E-state index in [0.29, 0.717) is 12.4 Å². The Labute approximate surface area is 118 Å². The molecule has 0 saturated heterocycles. The number of ether oxygens (including phenoxy) is 1.